The second kappa shape index (κ2) is 7.44. The number of carbonyl (C=O) groups is 1. The third-order valence-corrected chi connectivity index (χ3v) is 6.02. The second-order valence-electron chi connectivity index (χ2n) is 7.15. The van der Waals surface area contributed by atoms with Gasteiger partial charge in [-0.1, -0.05) is 0 Å². The van der Waals surface area contributed by atoms with Crippen LogP contribution in [0.5, 0.6) is 0 Å². The number of amides is 1. The predicted octanol–water partition coefficient (Wildman–Crippen LogP) is 3.16. The molecule has 4 rings (SSSR count). The molecule has 1 N–H and O–H groups in total. The van der Waals surface area contributed by atoms with Gasteiger partial charge in [-0.25, -0.2) is 9.37 Å². The van der Waals surface area contributed by atoms with Gasteiger partial charge >= 0.3 is 0 Å². The highest BCUT2D eigenvalue weighted by Crippen LogP contribution is 2.34. The molecule has 0 aromatic carbocycles. The van der Waals surface area contributed by atoms with Gasteiger partial charge in [-0.15, -0.1) is 11.3 Å². The Morgan fingerprint density at radius 2 is 2.25 bits per heavy atom. The van der Waals surface area contributed by atoms with Crippen LogP contribution in [0.4, 0.5) is 10.2 Å². The van der Waals surface area contributed by atoms with Crippen LogP contribution in [0.2, 0.25) is 0 Å². The molecule has 1 aliphatic rings. The summed E-state index contributed by atoms with van der Waals surface area (Å²) < 4.78 is 16.0. The Balaban J connectivity index is 1.77. The van der Waals surface area contributed by atoms with Crippen LogP contribution in [-0.4, -0.2) is 39.6 Å². The molecule has 1 fully saturated rings. The number of thiophene rings is 1. The topological polar surface area (TPSA) is 67.2 Å². The number of pyridine rings is 2. The number of aryl methyl sites for hydroxylation is 1. The number of hydrogen-bond acceptors (Lipinski definition) is 5. The van der Waals surface area contributed by atoms with Crippen molar-refractivity contribution in [1.29, 1.82) is 0 Å². The highest BCUT2D eigenvalue weighted by atomic mass is 32.1. The lowest BCUT2D eigenvalue weighted by atomic mass is 10.1. The van der Waals surface area contributed by atoms with Crippen LogP contribution in [0.15, 0.2) is 35.4 Å². The summed E-state index contributed by atoms with van der Waals surface area (Å²) in [5.41, 5.74) is 1.73. The van der Waals surface area contributed by atoms with Gasteiger partial charge in [0.1, 0.15) is 12.0 Å². The fourth-order valence-electron chi connectivity index (χ4n) is 3.58. The smallest absolute Gasteiger partial charge is 0.259 e. The maximum atomic E-state index is 13.5. The molecule has 0 radical (unpaired) electrons. The molecule has 0 saturated carbocycles. The average Bonchev–Trinajstić information content (AvgIpc) is 3.24. The minimum absolute atomic E-state index is 0.0535. The van der Waals surface area contributed by atoms with Gasteiger partial charge in [-0.3, -0.25) is 14.5 Å². The number of fused-ring (bicyclic) bond motifs is 1. The fraction of sp³-hybridized carbons (Fsp3) is 0.350. The van der Waals surface area contributed by atoms with Crippen molar-refractivity contribution in [2.45, 2.75) is 26.1 Å². The summed E-state index contributed by atoms with van der Waals surface area (Å²) >= 11 is 1.56. The Kier molecular flexibility index (Phi) is 4.99. The molecule has 8 heteroatoms. The van der Waals surface area contributed by atoms with Gasteiger partial charge in [0.25, 0.3) is 5.56 Å². The van der Waals surface area contributed by atoms with Crippen LogP contribution in [0.1, 0.15) is 18.2 Å². The fourth-order valence-corrected chi connectivity index (χ4v) is 4.80. The van der Waals surface area contributed by atoms with Crippen molar-refractivity contribution in [2.24, 2.45) is 7.05 Å². The summed E-state index contributed by atoms with van der Waals surface area (Å²) in [5, 5.41) is 3.35. The van der Waals surface area contributed by atoms with Gasteiger partial charge in [-0.2, -0.15) is 0 Å². The zero-order valence-electron chi connectivity index (χ0n) is 15.7. The first-order valence-corrected chi connectivity index (χ1v) is 9.95. The molecular weight excluding hydrogens is 379 g/mol. The van der Waals surface area contributed by atoms with Crippen molar-refractivity contribution in [3.63, 3.8) is 0 Å². The average molecular weight is 400 g/mol. The molecule has 3 aromatic heterocycles. The van der Waals surface area contributed by atoms with E-state index in [1.165, 1.54) is 6.92 Å². The Morgan fingerprint density at radius 3 is 2.96 bits per heavy atom. The van der Waals surface area contributed by atoms with Gasteiger partial charge in [0.15, 0.2) is 0 Å². The van der Waals surface area contributed by atoms with Crippen LogP contribution in [0.25, 0.3) is 21.2 Å². The first kappa shape index (κ1) is 18.8. The molecule has 28 heavy (non-hydrogen) atoms. The van der Waals surface area contributed by atoms with E-state index in [1.807, 2.05) is 18.3 Å². The minimum atomic E-state index is -0.762. The first-order chi connectivity index (χ1) is 13.4. The minimum Gasteiger partial charge on any atom is -0.317 e. The lowest BCUT2D eigenvalue weighted by molar-refractivity contribution is -0.114. The van der Waals surface area contributed by atoms with Crippen LogP contribution >= 0.6 is 11.3 Å². The largest absolute Gasteiger partial charge is 0.317 e. The standard InChI is InChI=1S/C20H21FN4O2S/c1-12(26)23-18-7-13(3-5-22-18)17-11-24(2)20(27)16-8-15(28-19(16)17)10-25-6-4-14(21)9-25/h3,5,7-8,11,14H,4,6,9-10H2,1-2H3,(H,22,23,26)/t14-/m0/s1. The molecule has 1 saturated heterocycles. The highest BCUT2D eigenvalue weighted by molar-refractivity contribution is 7.19. The van der Waals surface area contributed by atoms with Gasteiger partial charge in [0, 0.05) is 61.1 Å². The van der Waals surface area contributed by atoms with E-state index < -0.39 is 6.17 Å². The van der Waals surface area contributed by atoms with Crippen molar-refractivity contribution >= 4 is 33.1 Å². The number of nitrogens with one attached hydrogen (secondary N) is 1. The molecule has 0 spiro atoms. The number of carbonyl (C=O) groups excluding carboxylic acids is 1. The molecule has 1 atom stereocenters. The Morgan fingerprint density at radius 1 is 1.43 bits per heavy atom. The first-order valence-electron chi connectivity index (χ1n) is 9.13. The van der Waals surface area contributed by atoms with Crippen molar-refractivity contribution in [3.05, 3.63) is 45.8 Å². The molecule has 6 nitrogen and oxygen atoms in total. The van der Waals surface area contributed by atoms with Crippen LogP contribution < -0.4 is 10.9 Å². The molecule has 0 bridgehead atoms. The van der Waals surface area contributed by atoms with E-state index in [-0.39, 0.29) is 11.5 Å². The highest BCUT2D eigenvalue weighted by Gasteiger charge is 2.23. The van der Waals surface area contributed by atoms with Crippen LogP contribution in [0, 0.1) is 0 Å². The van der Waals surface area contributed by atoms with E-state index in [9.17, 15) is 14.0 Å². The lowest BCUT2D eigenvalue weighted by Crippen LogP contribution is -2.19. The summed E-state index contributed by atoms with van der Waals surface area (Å²) in [7, 11) is 1.73. The molecule has 3 aromatic rings. The van der Waals surface area contributed by atoms with Crippen LogP contribution in [-0.2, 0) is 18.4 Å². The lowest BCUT2D eigenvalue weighted by Gasteiger charge is -2.12. The number of likely N-dealkylation sites (tertiary alicyclic amines) is 1. The molecule has 146 valence electrons. The normalized spacial score (nSPS) is 17.3. The number of anilines is 1. The Labute approximate surface area is 165 Å². The van der Waals surface area contributed by atoms with E-state index in [0.29, 0.717) is 30.7 Å². The van der Waals surface area contributed by atoms with E-state index in [1.54, 1.807) is 35.2 Å². The van der Waals surface area contributed by atoms with Gasteiger partial charge in [0.2, 0.25) is 5.91 Å². The summed E-state index contributed by atoms with van der Waals surface area (Å²) in [6.45, 7) is 3.27. The SMILES string of the molecule is CC(=O)Nc1cc(-c2cn(C)c(=O)c3cc(CN4CC[C@H](F)C4)sc23)ccn1. The van der Waals surface area contributed by atoms with E-state index in [2.05, 4.69) is 15.2 Å². The zero-order valence-corrected chi connectivity index (χ0v) is 16.6. The Hall–Kier alpha value is -2.58. The Bertz CT molecular complexity index is 1110. The van der Waals surface area contributed by atoms with Gasteiger partial charge < -0.3 is 9.88 Å². The molecule has 4 heterocycles. The quantitative estimate of drug-likeness (QED) is 0.731. The van der Waals surface area contributed by atoms with Gasteiger partial charge in [-0.05, 0) is 30.2 Å². The second-order valence-corrected chi connectivity index (χ2v) is 8.28. The summed E-state index contributed by atoms with van der Waals surface area (Å²) in [6.07, 6.45) is 3.26. The third-order valence-electron chi connectivity index (χ3n) is 4.87. The van der Waals surface area contributed by atoms with E-state index in [0.717, 1.165) is 27.2 Å². The zero-order chi connectivity index (χ0) is 19.8. The molecular formula is C20H21FN4O2S. The van der Waals surface area contributed by atoms with Gasteiger partial charge in [0.05, 0.1) is 5.39 Å². The summed E-state index contributed by atoms with van der Waals surface area (Å²) in [4.78, 5) is 31.3. The van der Waals surface area contributed by atoms with Crippen molar-refractivity contribution < 1.29 is 9.18 Å². The molecule has 0 unspecified atom stereocenters. The molecule has 0 aliphatic carbocycles. The van der Waals surface area contributed by atoms with Crippen LogP contribution in [0.3, 0.4) is 0 Å². The van der Waals surface area contributed by atoms with E-state index in [4.69, 9.17) is 0 Å². The predicted molar refractivity (Wildman–Crippen MR) is 109 cm³/mol. The number of rotatable bonds is 4. The maximum absolute atomic E-state index is 13.5. The summed E-state index contributed by atoms with van der Waals surface area (Å²) in [5.74, 6) is 0.278. The van der Waals surface area contributed by atoms with Crippen molar-refractivity contribution in [3.8, 4) is 11.1 Å². The number of alkyl halides is 1. The summed E-state index contributed by atoms with van der Waals surface area (Å²) in [6, 6.07) is 5.58. The number of nitrogens with zero attached hydrogens (tertiary/aromatic N) is 3. The van der Waals surface area contributed by atoms with Crippen molar-refractivity contribution in [2.75, 3.05) is 18.4 Å². The monoisotopic (exact) mass is 400 g/mol. The molecule has 1 amide bonds. The number of aromatic nitrogens is 2. The maximum Gasteiger partial charge on any atom is 0.259 e. The van der Waals surface area contributed by atoms with Crippen molar-refractivity contribution in [1.82, 2.24) is 14.5 Å². The molecule has 1 aliphatic heterocycles. The number of halogens is 1. The third kappa shape index (κ3) is 3.70. The van der Waals surface area contributed by atoms with E-state index >= 15 is 0 Å². The number of hydrogen-bond donors (Lipinski definition) is 1.